The standard InChI is InChI=1S/C25H22N4O16S4.4Na/c1-13(30)23-17(25(32)28(27-23)19-10-14(47(34,35)36)6-8-21(19)46-45-44-33)5-3-4-16-18(12-43-2)26-29(24(16)31)20-11-15(48(37,38)39)7-9-22(20)49(40,41)42;;;;/h3-11,26,33H,12H2,1-2H3,(H,34,35,36)(H,37,38,39)(H,40,41,42);;;;/q;4*+1/p-4/b4-3+,17-5-;;;;. The van der Waals surface area contributed by atoms with Crippen molar-refractivity contribution in [2.24, 2.45) is 5.10 Å². The number of hydrogen-bond donors (Lipinski definition) is 1. The molecule has 2 aromatic carbocycles. The van der Waals surface area contributed by atoms with Crippen LogP contribution in [0, 0.1) is 0 Å². The van der Waals surface area contributed by atoms with Gasteiger partial charge in [-0.2, -0.15) is 14.4 Å². The van der Waals surface area contributed by atoms with Crippen LogP contribution in [0.1, 0.15) is 18.2 Å². The largest absolute Gasteiger partial charge is 1.00 e. The summed E-state index contributed by atoms with van der Waals surface area (Å²) in [6.45, 7) is 0.689. The first-order chi connectivity index (χ1) is 22.8. The van der Waals surface area contributed by atoms with Gasteiger partial charge in [-0.1, -0.05) is 6.08 Å². The van der Waals surface area contributed by atoms with Gasteiger partial charge in [-0.15, -0.1) is 0 Å². The van der Waals surface area contributed by atoms with E-state index in [2.05, 4.69) is 19.6 Å². The molecule has 4 rings (SSSR count). The van der Waals surface area contributed by atoms with Gasteiger partial charge in [0.2, 0.25) is 0 Å². The number of ketones is 1. The Morgan fingerprint density at radius 3 is 1.98 bits per heavy atom. The molecule has 0 spiro atoms. The first kappa shape index (κ1) is 52.7. The van der Waals surface area contributed by atoms with Crippen LogP contribution < -0.4 is 134 Å². The summed E-state index contributed by atoms with van der Waals surface area (Å²) >= 11 is 0.221. The van der Waals surface area contributed by atoms with Gasteiger partial charge in [0.15, 0.2) is 5.78 Å². The number of benzene rings is 2. The summed E-state index contributed by atoms with van der Waals surface area (Å²) in [5.41, 5.74) is -3.51. The van der Waals surface area contributed by atoms with E-state index in [1.165, 1.54) is 7.11 Å². The van der Waals surface area contributed by atoms with Gasteiger partial charge in [-0.05, 0) is 48.6 Å². The average Bonchev–Trinajstić information content (AvgIpc) is 3.50. The smallest absolute Gasteiger partial charge is 0.744 e. The number of aromatic nitrogens is 2. The second-order valence-corrected chi connectivity index (χ2v) is 14.3. The number of aromatic amines is 1. The molecule has 20 nitrogen and oxygen atoms in total. The molecule has 0 atom stereocenters. The van der Waals surface area contributed by atoms with Crippen LogP contribution >= 0.6 is 12.0 Å². The fourth-order valence-electron chi connectivity index (χ4n) is 4.30. The number of Topliss-reactive ketones (excluding diaryl/α,β-unsaturated/α-hetero) is 1. The maximum Gasteiger partial charge on any atom is 1.00 e. The van der Waals surface area contributed by atoms with Crippen LogP contribution in [-0.4, -0.2) is 73.2 Å². The van der Waals surface area contributed by atoms with Crippen molar-refractivity contribution in [3.05, 3.63) is 75.7 Å². The van der Waals surface area contributed by atoms with Gasteiger partial charge >= 0.3 is 118 Å². The minimum atomic E-state index is -5.33. The number of hydrogen-bond acceptors (Lipinski definition) is 18. The van der Waals surface area contributed by atoms with Gasteiger partial charge < -0.3 is 23.7 Å². The SMILES string of the molecule is COCc1[nH]n(-c2cc(S(=O)(=O)[O-])ccc2S(=O)(=O)[O-])c(=O)c1/C=C/C=C1\C(=O)N(c2cc(S(=O)(=O)[O-])ccc2SOO[O-])N=C1C(C)=O.[Na+].[Na+].[Na+].[Na+]. The molecule has 0 unspecified atom stereocenters. The van der Waals surface area contributed by atoms with Gasteiger partial charge in [-0.3, -0.25) is 24.5 Å². The minimum absolute atomic E-state index is 0. The van der Waals surface area contributed by atoms with Gasteiger partial charge in [0.05, 0.1) is 66.4 Å². The molecule has 0 bridgehead atoms. The van der Waals surface area contributed by atoms with Crippen LogP contribution in [0.2, 0.25) is 0 Å². The molecule has 262 valence electrons. The number of nitrogens with zero attached hydrogens (tertiary/aromatic N) is 3. The zero-order valence-electron chi connectivity index (χ0n) is 28.4. The minimum Gasteiger partial charge on any atom is -0.744 e. The van der Waals surface area contributed by atoms with Crippen molar-refractivity contribution >= 4 is 71.6 Å². The van der Waals surface area contributed by atoms with Crippen molar-refractivity contribution < 1.29 is 186 Å². The molecule has 1 N–H and O–H groups in total. The average molecular weight is 851 g/mol. The van der Waals surface area contributed by atoms with Crippen molar-refractivity contribution in [3.8, 4) is 5.69 Å². The molecule has 1 amide bonds. The zero-order valence-corrected chi connectivity index (χ0v) is 39.7. The molecular weight excluding hydrogens is 833 g/mol. The Morgan fingerprint density at radius 1 is 0.906 bits per heavy atom. The Balaban J connectivity index is 0.00000676. The fraction of sp³-hybridized carbons (Fsp3) is 0.120. The Labute approximate surface area is 393 Å². The number of methoxy groups -OCH3 is 1. The Kier molecular flexibility index (Phi) is 21.3. The molecule has 1 aliphatic heterocycles. The van der Waals surface area contributed by atoms with Crippen LogP contribution in [0.15, 0.2) is 83.6 Å². The molecule has 0 radical (unpaired) electrons. The number of nitrogens with one attached hydrogen (secondary N) is 1. The number of allylic oxidation sites excluding steroid dienone is 2. The van der Waals surface area contributed by atoms with Crippen LogP contribution in [0.25, 0.3) is 11.8 Å². The Hall–Kier alpha value is -0.340. The number of carbonyl (C=O) groups is 2. The fourth-order valence-corrected chi connectivity index (χ4v) is 6.38. The monoisotopic (exact) mass is 850 g/mol. The zero-order chi connectivity index (χ0) is 36.5. The predicted molar refractivity (Wildman–Crippen MR) is 158 cm³/mol. The van der Waals surface area contributed by atoms with E-state index in [1.807, 2.05) is 0 Å². The van der Waals surface area contributed by atoms with Crippen molar-refractivity contribution in [2.75, 3.05) is 12.1 Å². The molecule has 3 aromatic rings. The Morgan fingerprint density at radius 2 is 1.47 bits per heavy atom. The van der Waals surface area contributed by atoms with Crippen molar-refractivity contribution in [2.45, 2.75) is 33.1 Å². The van der Waals surface area contributed by atoms with Gasteiger partial charge in [-0.25, -0.2) is 29.9 Å². The van der Waals surface area contributed by atoms with E-state index in [4.69, 9.17) is 4.74 Å². The second-order valence-electron chi connectivity index (χ2n) is 9.48. The number of carbonyl (C=O) groups excluding carboxylic acids is 2. The molecule has 0 saturated heterocycles. The first-order valence-corrected chi connectivity index (χ1v) is 17.7. The van der Waals surface area contributed by atoms with Crippen LogP contribution in [0.4, 0.5) is 5.69 Å². The molecule has 2 heterocycles. The molecule has 28 heteroatoms. The number of rotatable bonds is 13. The topological polar surface area (TPSA) is 310 Å². The van der Waals surface area contributed by atoms with E-state index in [0.717, 1.165) is 43.4 Å². The maximum atomic E-state index is 13.5. The van der Waals surface area contributed by atoms with Gasteiger partial charge in [0.25, 0.3) is 11.5 Å². The third-order valence-corrected chi connectivity index (χ3v) is 9.55. The maximum absolute atomic E-state index is 13.5. The third-order valence-electron chi connectivity index (χ3n) is 6.36. The molecule has 0 fully saturated rings. The van der Waals surface area contributed by atoms with Crippen molar-refractivity contribution in [1.29, 1.82) is 0 Å². The molecule has 53 heavy (non-hydrogen) atoms. The summed E-state index contributed by atoms with van der Waals surface area (Å²) in [5.74, 6) is -1.82. The van der Waals surface area contributed by atoms with E-state index < -0.39 is 85.0 Å². The quantitative estimate of drug-likeness (QED) is 0.0417. The number of hydrazone groups is 1. The summed E-state index contributed by atoms with van der Waals surface area (Å²) in [6.07, 6.45) is 3.16. The van der Waals surface area contributed by atoms with Crippen LogP contribution in [0.5, 0.6) is 0 Å². The summed E-state index contributed by atoms with van der Waals surface area (Å²) in [6, 6.07) is 4.21. The molecule has 0 saturated carbocycles. The van der Waals surface area contributed by atoms with Crippen LogP contribution in [-0.2, 0) is 60.7 Å². The number of amides is 1. The van der Waals surface area contributed by atoms with E-state index in [0.29, 0.717) is 27.9 Å². The third kappa shape index (κ3) is 12.6. The molecule has 1 aliphatic rings. The van der Waals surface area contributed by atoms with E-state index in [-0.39, 0.29) is 153 Å². The summed E-state index contributed by atoms with van der Waals surface area (Å²) in [7, 11) is -14.3. The summed E-state index contributed by atoms with van der Waals surface area (Å²) in [5, 5.41) is 20.6. The van der Waals surface area contributed by atoms with E-state index in [9.17, 15) is 58.6 Å². The van der Waals surface area contributed by atoms with E-state index >= 15 is 0 Å². The number of ether oxygens (including phenoxy) is 1. The summed E-state index contributed by atoms with van der Waals surface area (Å²) in [4.78, 5) is 36.4. The normalized spacial score (nSPS) is 13.9. The first-order valence-electron chi connectivity index (χ1n) is 12.7. The summed E-state index contributed by atoms with van der Waals surface area (Å²) < 4.78 is 115. The Bertz CT molecular complexity index is 2360. The van der Waals surface area contributed by atoms with E-state index in [1.54, 1.807) is 0 Å². The number of H-pyrrole nitrogens is 1. The molecular formula is C25H18N4Na4O16S4. The number of anilines is 1. The second kappa shape index (κ2) is 21.4. The van der Waals surface area contributed by atoms with Crippen molar-refractivity contribution in [1.82, 2.24) is 9.78 Å². The molecule has 0 aliphatic carbocycles. The van der Waals surface area contributed by atoms with Crippen LogP contribution in [0.3, 0.4) is 0 Å². The van der Waals surface area contributed by atoms with Gasteiger partial charge in [0.1, 0.15) is 36.1 Å². The van der Waals surface area contributed by atoms with Crippen molar-refractivity contribution in [3.63, 3.8) is 0 Å². The predicted octanol–water partition coefficient (Wildman–Crippen LogP) is -12.8. The van der Waals surface area contributed by atoms with Gasteiger partial charge in [0, 0.05) is 14.0 Å². The molecule has 1 aromatic heterocycles.